The summed E-state index contributed by atoms with van der Waals surface area (Å²) in [6.45, 7) is 0.703. The Bertz CT molecular complexity index is 1020. The first-order chi connectivity index (χ1) is 13.8. The van der Waals surface area contributed by atoms with Crippen molar-refractivity contribution in [2.24, 2.45) is 0 Å². The standard InChI is InChI=1S/C20H18F3N3O3/c1-2-29-18(28)13-25(14-8-4-3-5-9-14)17(27)12-26-16-11-7-6-10-15(16)24-19(26)20(21,22)23/h3-11H,2,12-13H2,1H3. The van der Waals surface area contributed by atoms with Gasteiger partial charge in [-0.1, -0.05) is 30.3 Å². The highest BCUT2D eigenvalue weighted by atomic mass is 19.4. The normalized spacial score (nSPS) is 11.4. The summed E-state index contributed by atoms with van der Waals surface area (Å²) in [7, 11) is 0. The van der Waals surface area contributed by atoms with Crippen LogP contribution in [-0.2, 0) is 27.0 Å². The molecular formula is C20H18F3N3O3. The largest absolute Gasteiger partial charge is 0.465 e. The number of benzene rings is 2. The Morgan fingerprint density at radius 1 is 1.07 bits per heavy atom. The van der Waals surface area contributed by atoms with Gasteiger partial charge in [0.2, 0.25) is 11.7 Å². The minimum Gasteiger partial charge on any atom is -0.465 e. The predicted molar refractivity (Wildman–Crippen MR) is 100 cm³/mol. The number of anilines is 1. The molecule has 0 atom stereocenters. The first-order valence-corrected chi connectivity index (χ1v) is 8.84. The monoisotopic (exact) mass is 405 g/mol. The minimum absolute atomic E-state index is 0.125. The fourth-order valence-corrected chi connectivity index (χ4v) is 2.94. The maximum atomic E-state index is 13.5. The van der Waals surface area contributed by atoms with Gasteiger partial charge in [-0.25, -0.2) is 4.98 Å². The molecule has 1 aromatic heterocycles. The van der Waals surface area contributed by atoms with Gasteiger partial charge in [-0.05, 0) is 31.2 Å². The molecule has 0 bridgehead atoms. The van der Waals surface area contributed by atoms with E-state index in [2.05, 4.69) is 4.98 Å². The molecule has 0 aliphatic rings. The predicted octanol–water partition coefficient (Wildman–Crippen LogP) is 3.65. The molecule has 0 fully saturated rings. The summed E-state index contributed by atoms with van der Waals surface area (Å²) in [5.74, 6) is -2.52. The van der Waals surface area contributed by atoms with Crippen LogP contribution in [0.2, 0.25) is 0 Å². The lowest BCUT2D eigenvalue weighted by molar-refractivity contribution is -0.147. The number of halogens is 3. The Labute approximate surface area is 164 Å². The molecule has 3 rings (SSSR count). The number of rotatable bonds is 6. The third-order valence-electron chi connectivity index (χ3n) is 4.16. The molecule has 29 heavy (non-hydrogen) atoms. The molecule has 1 amide bonds. The van der Waals surface area contributed by atoms with E-state index in [0.29, 0.717) is 5.69 Å². The number of para-hydroxylation sites is 3. The van der Waals surface area contributed by atoms with Crippen molar-refractivity contribution in [3.05, 3.63) is 60.4 Å². The van der Waals surface area contributed by atoms with Crippen LogP contribution in [0.4, 0.5) is 18.9 Å². The molecule has 0 saturated carbocycles. The highest BCUT2D eigenvalue weighted by molar-refractivity contribution is 5.98. The molecule has 0 spiro atoms. The number of imidazole rings is 1. The molecule has 3 aromatic rings. The Kier molecular flexibility index (Phi) is 5.86. The SMILES string of the molecule is CCOC(=O)CN(C(=O)Cn1c(C(F)(F)F)nc2ccccc21)c1ccccc1. The summed E-state index contributed by atoms with van der Waals surface area (Å²) in [6, 6.07) is 14.3. The summed E-state index contributed by atoms with van der Waals surface area (Å²) < 4.78 is 46.2. The molecule has 0 unspecified atom stereocenters. The van der Waals surface area contributed by atoms with Gasteiger partial charge in [0.05, 0.1) is 17.6 Å². The molecule has 0 aliphatic carbocycles. The Morgan fingerprint density at radius 3 is 2.38 bits per heavy atom. The molecule has 0 N–H and O–H groups in total. The second-order valence-corrected chi connectivity index (χ2v) is 6.13. The first-order valence-electron chi connectivity index (χ1n) is 8.84. The zero-order chi connectivity index (χ0) is 21.0. The number of carbonyl (C=O) groups excluding carboxylic acids is 2. The number of hydrogen-bond acceptors (Lipinski definition) is 4. The zero-order valence-corrected chi connectivity index (χ0v) is 15.5. The number of alkyl halides is 3. The van der Waals surface area contributed by atoms with E-state index in [9.17, 15) is 22.8 Å². The van der Waals surface area contributed by atoms with E-state index >= 15 is 0 Å². The van der Waals surface area contributed by atoms with Crippen LogP contribution in [0.3, 0.4) is 0 Å². The van der Waals surface area contributed by atoms with Gasteiger partial charge in [0.15, 0.2) is 0 Å². The fraction of sp³-hybridized carbons (Fsp3) is 0.250. The number of carbonyl (C=O) groups is 2. The average molecular weight is 405 g/mol. The van der Waals surface area contributed by atoms with Gasteiger partial charge in [0, 0.05) is 5.69 Å². The third-order valence-corrected chi connectivity index (χ3v) is 4.16. The molecule has 9 heteroatoms. The van der Waals surface area contributed by atoms with Crippen molar-refractivity contribution in [3.63, 3.8) is 0 Å². The summed E-state index contributed by atoms with van der Waals surface area (Å²) in [5, 5.41) is 0. The highest BCUT2D eigenvalue weighted by Crippen LogP contribution is 2.31. The van der Waals surface area contributed by atoms with E-state index < -0.39 is 37.0 Å². The average Bonchev–Trinajstić information content (AvgIpc) is 3.06. The van der Waals surface area contributed by atoms with Crippen LogP contribution in [0, 0.1) is 0 Å². The van der Waals surface area contributed by atoms with Gasteiger partial charge in [-0.3, -0.25) is 14.5 Å². The third kappa shape index (κ3) is 4.56. The van der Waals surface area contributed by atoms with Gasteiger partial charge in [0.1, 0.15) is 13.1 Å². The number of hydrogen-bond donors (Lipinski definition) is 0. The van der Waals surface area contributed by atoms with Gasteiger partial charge < -0.3 is 9.30 Å². The Hall–Kier alpha value is -3.36. The number of ether oxygens (including phenoxy) is 1. The maximum absolute atomic E-state index is 13.5. The summed E-state index contributed by atoms with van der Waals surface area (Å²) >= 11 is 0. The number of fused-ring (bicyclic) bond motifs is 1. The Balaban J connectivity index is 1.99. The lowest BCUT2D eigenvalue weighted by atomic mass is 10.2. The summed E-state index contributed by atoms with van der Waals surface area (Å²) in [4.78, 5) is 29.7. The van der Waals surface area contributed by atoms with Gasteiger partial charge >= 0.3 is 12.1 Å². The van der Waals surface area contributed by atoms with E-state index in [0.717, 1.165) is 9.47 Å². The molecular weight excluding hydrogens is 387 g/mol. The van der Waals surface area contributed by atoms with Gasteiger partial charge in [-0.15, -0.1) is 0 Å². The smallest absolute Gasteiger partial charge is 0.449 e. The zero-order valence-electron chi connectivity index (χ0n) is 15.5. The number of amides is 1. The van der Waals surface area contributed by atoms with Crippen molar-refractivity contribution in [2.45, 2.75) is 19.6 Å². The summed E-state index contributed by atoms with van der Waals surface area (Å²) in [6.07, 6.45) is -4.74. The second-order valence-electron chi connectivity index (χ2n) is 6.13. The van der Waals surface area contributed by atoms with E-state index in [4.69, 9.17) is 4.74 Å². The fourth-order valence-electron chi connectivity index (χ4n) is 2.94. The van der Waals surface area contributed by atoms with E-state index in [1.807, 2.05) is 0 Å². The maximum Gasteiger partial charge on any atom is 0.449 e. The Morgan fingerprint density at radius 2 is 1.72 bits per heavy atom. The lowest BCUT2D eigenvalue weighted by Crippen LogP contribution is -2.39. The van der Waals surface area contributed by atoms with E-state index in [-0.39, 0.29) is 17.6 Å². The lowest BCUT2D eigenvalue weighted by Gasteiger charge is -2.23. The molecule has 0 saturated heterocycles. The molecule has 152 valence electrons. The van der Waals surface area contributed by atoms with E-state index in [1.54, 1.807) is 49.4 Å². The van der Waals surface area contributed by atoms with Crippen molar-refractivity contribution in [2.75, 3.05) is 18.1 Å². The van der Waals surface area contributed by atoms with E-state index in [1.165, 1.54) is 12.1 Å². The van der Waals surface area contributed by atoms with Crippen LogP contribution < -0.4 is 4.90 Å². The van der Waals surface area contributed by atoms with Crippen molar-refractivity contribution < 1.29 is 27.5 Å². The van der Waals surface area contributed by atoms with Crippen molar-refractivity contribution in [1.82, 2.24) is 9.55 Å². The van der Waals surface area contributed by atoms with Crippen LogP contribution >= 0.6 is 0 Å². The van der Waals surface area contributed by atoms with Crippen LogP contribution in [0.5, 0.6) is 0 Å². The minimum atomic E-state index is -4.74. The number of nitrogens with zero attached hydrogens (tertiary/aromatic N) is 3. The van der Waals surface area contributed by atoms with Crippen molar-refractivity contribution in [3.8, 4) is 0 Å². The van der Waals surface area contributed by atoms with Crippen molar-refractivity contribution in [1.29, 1.82) is 0 Å². The topological polar surface area (TPSA) is 64.4 Å². The molecule has 2 aromatic carbocycles. The first kappa shape index (κ1) is 20.4. The molecule has 0 radical (unpaired) electrons. The number of aromatic nitrogens is 2. The molecule has 1 heterocycles. The van der Waals surface area contributed by atoms with Crippen LogP contribution in [-0.4, -0.2) is 34.6 Å². The summed E-state index contributed by atoms with van der Waals surface area (Å²) in [5.41, 5.74) is 0.685. The molecule has 6 nitrogen and oxygen atoms in total. The van der Waals surface area contributed by atoms with Crippen molar-refractivity contribution >= 4 is 28.6 Å². The molecule has 0 aliphatic heterocycles. The number of esters is 1. The van der Waals surface area contributed by atoms with Crippen LogP contribution in [0.1, 0.15) is 12.7 Å². The van der Waals surface area contributed by atoms with Gasteiger partial charge in [0.25, 0.3) is 0 Å². The van der Waals surface area contributed by atoms with Crippen LogP contribution in [0.25, 0.3) is 11.0 Å². The van der Waals surface area contributed by atoms with Gasteiger partial charge in [-0.2, -0.15) is 13.2 Å². The quantitative estimate of drug-likeness (QED) is 0.588. The highest BCUT2D eigenvalue weighted by Gasteiger charge is 2.38. The van der Waals surface area contributed by atoms with Crippen LogP contribution in [0.15, 0.2) is 54.6 Å². The second kappa shape index (κ2) is 8.34.